The van der Waals surface area contributed by atoms with E-state index in [1.54, 1.807) is 0 Å². The highest BCUT2D eigenvalue weighted by Crippen LogP contribution is 2.69. The van der Waals surface area contributed by atoms with Gasteiger partial charge in [-0.1, -0.05) is 45.0 Å². The molecular formula is C19H24O3. The van der Waals surface area contributed by atoms with Crippen molar-refractivity contribution in [3.63, 3.8) is 0 Å². The number of benzene rings is 1. The molecule has 2 fully saturated rings. The fourth-order valence-corrected chi connectivity index (χ4v) is 4.54. The van der Waals surface area contributed by atoms with Crippen LogP contribution < -0.4 is 0 Å². The minimum absolute atomic E-state index is 0.00505. The Hall–Kier alpha value is -1.64. The van der Waals surface area contributed by atoms with Gasteiger partial charge in [-0.25, -0.2) is 0 Å². The molecule has 3 heteroatoms. The molecule has 2 aliphatic rings. The lowest BCUT2D eigenvalue weighted by Gasteiger charge is -2.17. The number of rotatable bonds is 5. The summed E-state index contributed by atoms with van der Waals surface area (Å²) in [4.78, 5) is 24.0. The van der Waals surface area contributed by atoms with E-state index < -0.39 is 17.3 Å². The van der Waals surface area contributed by atoms with Gasteiger partial charge in [0.15, 0.2) is 0 Å². The molecule has 2 aliphatic carbocycles. The predicted octanol–water partition coefficient (Wildman–Crippen LogP) is 3.67. The second-order valence-corrected chi connectivity index (χ2v) is 7.21. The number of ketones is 1. The highest BCUT2D eigenvalue weighted by atomic mass is 16.4. The number of carboxylic acid groups (broad SMARTS) is 1. The molecule has 0 saturated heterocycles. The summed E-state index contributed by atoms with van der Waals surface area (Å²) in [7, 11) is 0. The van der Waals surface area contributed by atoms with E-state index in [0.29, 0.717) is 12.3 Å². The fraction of sp³-hybridized carbons (Fsp3) is 0.579. The zero-order valence-electron chi connectivity index (χ0n) is 13.5. The normalized spacial score (nSPS) is 33.1. The van der Waals surface area contributed by atoms with Gasteiger partial charge in [-0.15, -0.1) is 0 Å². The summed E-state index contributed by atoms with van der Waals surface area (Å²) in [5, 5.41) is 9.28. The van der Waals surface area contributed by atoms with E-state index in [9.17, 15) is 14.7 Å². The van der Waals surface area contributed by atoms with E-state index in [1.807, 2.05) is 6.92 Å². The SMILES string of the molecule is CCC12C(=O)C(Cc3ccc(C(C)C)cc3)CC1C2C(=O)O. The highest BCUT2D eigenvalue weighted by Gasteiger charge is 2.75. The molecule has 22 heavy (non-hydrogen) atoms. The van der Waals surface area contributed by atoms with Gasteiger partial charge >= 0.3 is 5.97 Å². The van der Waals surface area contributed by atoms with Gasteiger partial charge in [0, 0.05) is 11.3 Å². The van der Waals surface area contributed by atoms with Crippen LogP contribution in [-0.4, -0.2) is 16.9 Å². The van der Waals surface area contributed by atoms with E-state index >= 15 is 0 Å². The molecule has 4 atom stereocenters. The zero-order chi connectivity index (χ0) is 16.1. The lowest BCUT2D eigenvalue weighted by Crippen LogP contribution is -2.26. The summed E-state index contributed by atoms with van der Waals surface area (Å²) in [6.07, 6.45) is 2.16. The minimum atomic E-state index is -0.792. The van der Waals surface area contributed by atoms with Crippen LogP contribution in [0.1, 0.15) is 50.7 Å². The van der Waals surface area contributed by atoms with Crippen LogP contribution in [0.15, 0.2) is 24.3 Å². The quantitative estimate of drug-likeness (QED) is 0.902. The van der Waals surface area contributed by atoms with Gasteiger partial charge in [0.05, 0.1) is 5.92 Å². The van der Waals surface area contributed by atoms with Crippen molar-refractivity contribution in [2.45, 2.75) is 46.0 Å². The van der Waals surface area contributed by atoms with Crippen LogP contribution in [0.5, 0.6) is 0 Å². The maximum atomic E-state index is 12.7. The first-order valence-electron chi connectivity index (χ1n) is 8.27. The van der Waals surface area contributed by atoms with Gasteiger partial charge in [-0.2, -0.15) is 0 Å². The molecule has 0 aliphatic heterocycles. The van der Waals surface area contributed by atoms with Crippen molar-refractivity contribution in [1.29, 1.82) is 0 Å². The molecule has 0 spiro atoms. The van der Waals surface area contributed by atoms with Crippen LogP contribution in [0, 0.1) is 23.2 Å². The Morgan fingerprint density at radius 3 is 2.41 bits per heavy atom. The summed E-state index contributed by atoms with van der Waals surface area (Å²) >= 11 is 0. The van der Waals surface area contributed by atoms with Crippen molar-refractivity contribution in [3.8, 4) is 0 Å². The summed E-state index contributed by atoms with van der Waals surface area (Å²) in [6, 6.07) is 8.49. The van der Waals surface area contributed by atoms with Crippen LogP contribution in [0.2, 0.25) is 0 Å². The second kappa shape index (κ2) is 5.22. The number of fused-ring (bicyclic) bond motifs is 1. The Morgan fingerprint density at radius 2 is 1.95 bits per heavy atom. The van der Waals surface area contributed by atoms with E-state index in [2.05, 4.69) is 38.1 Å². The maximum Gasteiger partial charge on any atom is 0.307 e. The second-order valence-electron chi connectivity index (χ2n) is 7.21. The van der Waals surface area contributed by atoms with Crippen molar-refractivity contribution in [2.75, 3.05) is 0 Å². The van der Waals surface area contributed by atoms with Gasteiger partial charge in [0.2, 0.25) is 0 Å². The molecule has 118 valence electrons. The van der Waals surface area contributed by atoms with E-state index in [-0.39, 0.29) is 17.6 Å². The Balaban J connectivity index is 1.71. The number of hydrogen-bond acceptors (Lipinski definition) is 2. The summed E-state index contributed by atoms with van der Waals surface area (Å²) in [5.74, 6) is -0.438. The van der Waals surface area contributed by atoms with Crippen LogP contribution in [0.25, 0.3) is 0 Å². The standard InChI is InChI=1S/C19H24O3/c1-4-19-15(16(19)18(21)22)10-14(17(19)20)9-12-5-7-13(8-6-12)11(2)3/h5-8,11,14-16H,4,9-10H2,1-3H3,(H,21,22). The molecule has 3 rings (SSSR count). The molecule has 0 amide bonds. The third kappa shape index (κ3) is 2.10. The van der Waals surface area contributed by atoms with Crippen molar-refractivity contribution < 1.29 is 14.7 Å². The smallest absolute Gasteiger partial charge is 0.307 e. The first-order valence-corrected chi connectivity index (χ1v) is 8.27. The number of carbonyl (C=O) groups excluding carboxylic acids is 1. The monoisotopic (exact) mass is 300 g/mol. The topological polar surface area (TPSA) is 54.4 Å². The lowest BCUT2D eigenvalue weighted by atomic mass is 9.86. The van der Waals surface area contributed by atoms with Crippen LogP contribution in [-0.2, 0) is 16.0 Å². The maximum absolute atomic E-state index is 12.7. The van der Waals surface area contributed by atoms with Crippen LogP contribution >= 0.6 is 0 Å². The Labute approximate surface area is 131 Å². The van der Waals surface area contributed by atoms with E-state index in [4.69, 9.17) is 0 Å². The van der Waals surface area contributed by atoms with E-state index in [0.717, 1.165) is 12.8 Å². The van der Waals surface area contributed by atoms with Gasteiger partial charge in [0.1, 0.15) is 5.78 Å². The third-order valence-electron chi connectivity index (χ3n) is 5.86. The summed E-state index contributed by atoms with van der Waals surface area (Å²) < 4.78 is 0. The molecule has 0 heterocycles. The lowest BCUT2D eigenvalue weighted by molar-refractivity contribution is -0.142. The number of carboxylic acids is 1. The number of Topliss-reactive ketones (excluding diaryl/α,β-unsaturated/α-hetero) is 1. The molecule has 3 nitrogen and oxygen atoms in total. The third-order valence-corrected chi connectivity index (χ3v) is 5.86. The average Bonchev–Trinajstić information content (AvgIpc) is 3.07. The number of hydrogen-bond donors (Lipinski definition) is 1. The molecule has 1 aromatic rings. The molecule has 1 aromatic carbocycles. The average molecular weight is 300 g/mol. The highest BCUT2D eigenvalue weighted by molar-refractivity contribution is 5.99. The van der Waals surface area contributed by atoms with Crippen molar-refractivity contribution in [1.82, 2.24) is 0 Å². The summed E-state index contributed by atoms with van der Waals surface area (Å²) in [6.45, 7) is 6.29. The van der Waals surface area contributed by atoms with Crippen molar-refractivity contribution >= 4 is 11.8 Å². The molecule has 1 N–H and O–H groups in total. The molecule has 4 unspecified atom stereocenters. The number of aliphatic carboxylic acids is 1. The van der Waals surface area contributed by atoms with E-state index in [1.165, 1.54) is 11.1 Å². The zero-order valence-corrected chi connectivity index (χ0v) is 13.5. The molecule has 0 radical (unpaired) electrons. The minimum Gasteiger partial charge on any atom is -0.481 e. The molecule has 0 aromatic heterocycles. The number of carbonyl (C=O) groups is 2. The van der Waals surface area contributed by atoms with Gasteiger partial charge in [0.25, 0.3) is 0 Å². The first kappa shape index (κ1) is 15.3. The van der Waals surface area contributed by atoms with Gasteiger partial charge in [-0.3, -0.25) is 9.59 Å². The van der Waals surface area contributed by atoms with Crippen LogP contribution in [0.3, 0.4) is 0 Å². The largest absolute Gasteiger partial charge is 0.481 e. The van der Waals surface area contributed by atoms with Gasteiger partial charge < -0.3 is 5.11 Å². The first-order chi connectivity index (χ1) is 10.4. The van der Waals surface area contributed by atoms with Crippen LogP contribution in [0.4, 0.5) is 0 Å². The molecule has 2 saturated carbocycles. The van der Waals surface area contributed by atoms with Crippen molar-refractivity contribution in [2.24, 2.45) is 23.2 Å². The predicted molar refractivity (Wildman–Crippen MR) is 84.7 cm³/mol. The fourth-order valence-electron chi connectivity index (χ4n) is 4.54. The Morgan fingerprint density at radius 1 is 1.32 bits per heavy atom. The Bertz CT molecular complexity index is 602. The van der Waals surface area contributed by atoms with Gasteiger partial charge in [-0.05, 0) is 42.2 Å². The summed E-state index contributed by atoms with van der Waals surface area (Å²) in [5.41, 5.74) is 1.94. The van der Waals surface area contributed by atoms with Crippen molar-refractivity contribution in [3.05, 3.63) is 35.4 Å². The molecule has 0 bridgehead atoms. The molecular weight excluding hydrogens is 276 g/mol. The Kier molecular flexibility index (Phi) is 3.62.